The second-order valence-electron chi connectivity index (χ2n) is 6.79. The Morgan fingerprint density at radius 1 is 1.46 bits per heavy atom. The van der Waals surface area contributed by atoms with Crippen LogP contribution in [-0.2, 0) is 34.0 Å². The van der Waals surface area contributed by atoms with E-state index < -0.39 is 21.5 Å². The molecule has 2 aliphatic rings. The highest BCUT2D eigenvalue weighted by Crippen LogP contribution is 2.26. The van der Waals surface area contributed by atoms with Crippen molar-refractivity contribution < 1.29 is 22.8 Å². The first-order chi connectivity index (χ1) is 11.3. The predicted octanol–water partition coefficient (Wildman–Crippen LogP) is -0.741. The minimum Gasteiger partial charge on any atom is -0.392 e. The number of likely N-dealkylation sites (tertiary alicyclic amines) is 1. The summed E-state index contributed by atoms with van der Waals surface area (Å²) in [6.07, 6.45) is 3.52. The van der Waals surface area contributed by atoms with Gasteiger partial charge in [-0.25, -0.2) is 8.42 Å². The molecule has 3 rings (SSSR count). The molecule has 1 aliphatic carbocycles. The van der Waals surface area contributed by atoms with E-state index in [9.17, 15) is 18.3 Å². The molecule has 1 amide bonds. The number of amides is 1. The highest BCUT2D eigenvalue weighted by atomic mass is 32.2. The number of sulfone groups is 1. The van der Waals surface area contributed by atoms with Gasteiger partial charge in [-0.15, -0.1) is 0 Å². The summed E-state index contributed by atoms with van der Waals surface area (Å²) < 4.78 is 27.8. The van der Waals surface area contributed by atoms with Crippen molar-refractivity contribution in [2.75, 3.05) is 25.1 Å². The van der Waals surface area contributed by atoms with Crippen LogP contribution in [0.4, 0.5) is 0 Å². The lowest BCUT2D eigenvalue weighted by molar-refractivity contribution is -0.119. The van der Waals surface area contributed by atoms with Gasteiger partial charge in [0.2, 0.25) is 5.91 Å². The van der Waals surface area contributed by atoms with Gasteiger partial charge in [-0.2, -0.15) is 0 Å². The summed E-state index contributed by atoms with van der Waals surface area (Å²) in [5.41, 5.74) is 1.86. The molecule has 2 atom stereocenters. The molecule has 0 bridgehead atoms. The van der Waals surface area contributed by atoms with E-state index in [4.69, 9.17) is 4.52 Å². The third-order valence-electron chi connectivity index (χ3n) is 4.50. The minimum absolute atomic E-state index is 0.103. The molecule has 1 unspecified atom stereocenters. The molecule has 1 saturated heterocycles. The lowest BCUT2D eigenvalue weighted by Gasteiger charge is -2.23. The molecule has 9 heteroatoms. The predicted molar refractivity (Wildman–Crippen MR) is 86.1 cm³/mol. The summed E-state index contributed by atoms with van der Waals surface area (Å²) >= 11 is 0. The topological polar surface area (TPSA) is 113 Å². The first kappa shape index (κ1) is 17.4. The van der Waals surface area contributed by atoms with Gasteiger partial charge in [-0.05, 0) is 19.3 Å². The smallest absolute Gasteiger partial charge is 0.235 e. The van der Waals surface area contributed by atoms with E-state index in [1.54, 1.807) is 0 Å². The number of aliphatic hydroxyl groups excluding tert-OH is 1. The van der Waals surface area contributed by atoms with Crippen molar-refractivity contribution in [3.05, 3.63) is 17.0 Å². The molecule has 0 saturated carbocycles. The van der Waals surface area contributed by atoms with Crippen molar-refractivity contribution in [3.63, 3.8) is 0 Å². The minimum atomic E-state index is -3.33. The summed E-state index contributed by atoms with van der Waals surface area (Å²) in [4.78, 5) is 13.9. The van der Waals surface area contributed by atoms with Gasteiger partial charge in [-0.1, -0.05) is 5.16 Å². The van der Waals surface area contributed by atoms with Gasteiger partial charge >= 0.3 is 0 Å². The fraction of sp³-hybridized carbons (Fsp3) is 0.733. The fourth-order valence-electron chi connectivity index (χ4n) is 3.39. The Kier molecular flexibility index (Phi) is 4.93. The molecule has 1 aliphatic heterocycles. The molecular formula is C15H23N3O5S. The summed E-state index contributed by atoms with van der Waals surface area (Å²) in [5, 5.41) is 16.6. The third-order valence-corrected chi connectivity index (χ3v) is 5.29. The number of hydrogen-bond acceptors (Lipinski definition) is 7. The maximum Gasteiger partial charge on any atom is 0.235 e. The number of aliphatic hydroxyl groups is 1. The zero-order chi connectivity index (χ0) is 17.3. The second-order valence-corrected chi connectivity index (χ2v) is 8.93. The van der Waals surface area contributed by atoms with Crippen molar-refractivity contribution in [2.45, 2.75) is 44.4 Å². The Bertz CT molecular complexity index is 715. The monoisotopic (exact) mass is 357 g/mol. The van der Waals surface area contributed by atoms with Gasteiger partial charge in [0.1, 0.15) is 17.2 Å². The number of β-amino-alcohol motifs (C(OH)–C–C–N with tert-alkyl or cyclic N) is 1. The van der Waals surface area contributed by atoms with Gasteiger partial charge in [0, 0.05) is 43.9 Å². The van der Waals surface area contributed by atoms with Gasteiger partial charge in [0.15, 0.2) is 9.84 Å². The molecule has 0 radical (unpaired) electrons. The van der Waals surface area contributed by atoms with E-state index in [0.717, 1.165) is 36.2 Å². The Hall–Kier alpha value is -1.45. The number of carbonyl (C=O) groups excluding carboxylic acids is 1. The molecule has 1 fully saturated rings. The van der Waals surface area contributed by atoms with E-state index in [1.165, 1.54) is 0 Å². The first-order valence-electron chi connectivity index (χ1n) is 8.14. The largest absolute Gasteiger partial charge is 0.392 e. The summed E-state index contributed by atoms with van der Waals surface area (Å²) in [6.45, 7) is 2.09. The maximum absolute atomic E-state index is 11.8. The number of nitrogens with zero attached hydrogens (tertiary/aromatic N) is 2. The van der Waals surface area contributed by atoms with Crippen LogP contribution in [0.1, 0.15) is 29.9 Å². The third kappa shape index (κ3) is 4.34. The van der Waals surface area contributed by atoms with Crippen LogP contribution in [0.25, 0.3) is 0 Å². The molecule has 2 heterocycles. The number of nitrogens with one attached hydrogen (secondary N) is 1. The van der Waals surface area contributed by atoms with Crippen molar-refractivity contribution in [2.24, 2.45) is 0 Å². The first-order valence-corrected chi connectivity index (χ1v) is 10.2. The number of aryl methyl sites for hydroxylation is 1. The lowest BCUT2D eigenvalue weighted by atomic mass is 9.92. The zero-order valence-corrected chi connectivity index (χ0v) is 14.5. The van der Waals surface area contributed by atoms with Crippen LogP contribution in [0.15, 0.2) is 4.52 Å². The van der Waals surface area contributed by atoms with Crippen LogP contribution in [0.2, 0.25) is 0 Å². The molecule has 0 aromatic carbocycles. The maximum atomic E-state index is 11.8. The fourth-order valence-corrected chi connectivity index (χ4v) is 3.95. The summed E-state index contributed by atoms with van der Waals surface area (Å²) in [6, 6.07) is -0.103. The van der Waals surface area contributed by atoms with Gasteiger partial charge in [0.25, 0.3) is 0 Å². The highest BCUT2D eigenvalue weighted by molar-refractivity contribution is 7.91. The molecule has 1 aromatic heterocycles. The Labute approximate surface area is 141 Å². The zero-order valence-electron chi connectivity index (χ0n) is 13.7. The Morgan fingerprint density at radius 2 is 2.25 bits per heavy atom. The van der Waals surface area contributed by atoms with Crippen LogP contribution < -0.4 is 5.32 Å². The SMILES string of the molecule is CS(=O)(=O)CC(=O)NC1CCc2onc(CN3CC[C@@H](O)C3)c2C1. The molecule has 8 nitrogen and oxygen atoms in total. The summed E-state index contributed by atoms with van der Waals surface area (Å²) in [5.74, 6) is -0.108. The van der Waals surface area contributed by atoms with Crippen LogP contribution in [0.5, 0.6) is 0 Å². The van der Waals surface area contributed by atoms with Crippen molar-refractivity contribution in [3.8, 4) is 0 Å². The van der Waals surface area contributed by atoms with E-state index in [0.29, 0.717) is 32.4 Å². The summed E-state index contributed by atoms with van der Waals surface area (Å²) in [7, 11) is -3.33. The average Bonchev–Trinajstić information content (AvgIpc) is 3.04. The Morgan fingerprint density at radius 3 is 2.92 bits per heavy atom. The van der Waals surface area contributed by atoms with Crippen LogP contribution in [0, 0.1) is 0 Å². The quantitative estimate of drug-likeness (QED) is 0.713. The molecule has 24 heavy (non-hydrogen) atoms. The number of fused-ring (bicyclic) bond motifs is 1. The number of hydrogen-bond donors (Lipinski definition) is 2. The molecule has 2 N–H and O–H groups in total. The van der Waals surface area contributed by atoms with E-state index >= 15 is 0 Å². The normalized spacial score (nSPS) is 24.8. The number of aromatic nitrogens is 1. The van der Waals surface area contributed by atoms with Gasteiger partial charge < -0.3 is 14.9 Å². The van der Waals surface area contributed by atoms with Crippen LogP contribution in [0.3, 0.4) is 0 Å². The Balaban J connectivity index is 1.62. The molecule has 1 aromatic rings. The van der Waals surface area contributed by atoms with E-state index in [-0.39, 0.29) is 12.1 Å². The van der Waals surface area contributed by atoms with Crippen LogP contribution >= 0.6 is 0 Å². The number of carbonyl (C=O) groups is 1. The molecule has 134 valence electrons. The van der Waals surface area contributed by atoms with Gasteiger partial charge in [0.05, 0.1) is 6.10 Å². The highest BCUT2D eigenvalue weighted by Gasteiger charge is 2.29. The lowest BCUT2D eigenvalue weighted by Crippen LogP contribution is -2.41. The van der Waals surface area contributed by atoms with Gasteiger partial charge in [-0.3, -0.25) is 9.69 Å². The van der Waals surface area contributed by atoms with E-state index in [2.05, 4.69) is 15.4 Å². The van der Waals surface area contributed by atoms with Crippen molar-refractivity contribution in [1.29, 1.82) is 0 Å². The molecular weight excluding hydrogens is 334 g/mol. The second kappa shape index (κ2) is 6.81. The molecule has 0 spiro atoms. The van der Waals surface area contributed by atoms with Crippen LogP contribution in [-0.4, -0.2) is 66.7 Å². The van der Waals surface area contributed by atoms with Crippen molar-refractivity contribution >= 4 is 15.7 Å². The standard InChI is InChI=1S/C15H23N3O5S/c1-24(21,22)9-15(20)16-10-2-3-14-12(6-10)13(17-23-14)8-18-5-4-11(19)7-18/h10-11,19H,2-9H2,1H3,(H,16,20)/t10?,11-/m1/s1. The van der Waals surface area contributed by atoms with E-state index in [1.807, 2.05) is 0 Å². The average molecular weight is 357 g/mol. The van der Waals surface area contributed by atoms with Crippen molar-refractivity contribution in [1.82, 2.24) is 15.4 Å². The number of rotatable bonds is 5.